The monoisotopic (exact) mass is 416 g/mol. The number of nitro benzene ring substituents is 2. The molecule has 13 heteroatoms. The fourth-order valence-electron chi connectivity index (χ4n) is 2.56. The number of ether oxygens (including phenoxy) is 1. The number of nitrogens with one attached hydrogen (secondary N) is 1. The van der Waals surface area contributed by atoms with Crippen LogP contribution < -0.4 is 11.1 Å². The van der Waals surface area contributed by atoms with Crippen LogP contribution in [0.1, 0.15) is 0 Å². The summed E-state index contributed by atoms with van der Waals surface area (Å²) in [6, 6.07) is 8.84. The number of nitro groups is 2. The van der Waals surface area contributed by atoms with Crippen LogP contribution in [0.5, 0.6) is 0 Å². The Morgan fingerprint density at radius 2 is 1.83 bits per heavy atom. The normalized spacial score (nSPS) is 10.5. The number of nitrogens with zero attached hydrogens (tertiary/aromatic N) is 3. The van der Waals surface area contributed by atoms with E-state index in [0.717, 1.165) is 16.7 Å². The molecule has 13 nitrogen and oxygen atoms in total. The Morgan fingerprint density at radius 1 is 1.10 bits per heavy atom. The van der Waals surface area contributed by atoms with Gasteiger partial charge in [0.2, 0.25) is 0 Å². The van der Waals surface area contributed by atoms with E-state index in [1.54, 1.807) is 0 Å². The maximum atomic E-state index is 12.0. The highest BCUT2D eigenvalue weighted by Gasteiger charge is 2.19. The maximum Gasteiger partial charge on any atom is 0.420 e. The lowest BCUT2D eigenvalue weighted by Crippen LogP contribution is -2.26. The molecule has 0 aliphatic carbocycles. The van der Waals surface area contributed by atoms with E-state index >= 15 is 0 Å². The first-order valence-corrected chi connectivity index (χ1v) is 8.23. The number of para-hydroxylation sites is 2. The van der Waals surface area contributed by atoms with Gasteiger partial charge in [-0.15, -0.1) is 0 Å². The number of fused-ring (bicyclic) bond motifs is 1. The smallest absolute Gasteiger partial charge is 0.420 e. The molecule has 0 atom stereocenters. The average Bonchev–Trinajstić information content (AvgIpc) is 3.01. The fourth-order valence-corrected chi connectivity index (χ4v) is 2.56. The van der Waals surface area contributed by atoms with Crippen LogP contribution in [-0.2, 0) is 20.9 Å². The van der Waals surface area contributed by atoms with Gasteiger partial charge in [-0.1, -0.05) is 12.1 Å². The molecule has 1 heterocycles. The molecule has 0 spiro atoms. The van der Waals surface area contributed by atoms with Gasteiger partial charge in [-0.05, 0) is 12.1 Å². The van der Waals surface area contributed by atoms with Crippen molar-refractivity contribution in [1.29, 1.82) is 0 Å². The second-order valence-corrected chi connectivity index (χ2v) is 5.85. The van der Waals surface area contributed by atoms with Crippen LogP contribution in [0.2, 0.25) is 0 Å². The van der Waals surface area contributed by atoms with E-state index in [1.165, 1.54) is 30.3 Å². The number of hydrogen-bond acceptors (Lipinski definition) is 9. The van der Waals surface area contributed by atoms with Crippen molar-refractivity contribution in [3.8, 4) is 0 Å². The highest BCUT2D eigenvalue weighted by molar-refractivity contribution is 5.94. The van der Waals surface area contributed by atoms with Gasteiger partial charge in [-0.2, -0.15) is 0 Å². The second-order valence-electron chi connectivity index (χ2n) is 5.85. The predicted octanol–water partition coefficient (Wildman–Crippen LogP) is 1.59. The third-order valence-electron chi connectivity index (χ3n) is 3.89. The maximum absolute atomic E-state index is 12.0. The van der Waals surface area contributed by atoms with Crippen molar-refractivity contribution in [2.24, 2.45) is 0 Å². The molecule has 2 aromatic carbocycles. The minimum atomic E-state index is -0.962. The predicted molar refractivity (Wildman–Crippen MR) is 99.8 cm³/mol. The lowest BCUT2D eigenvalue weighted by molar-refractivity contribution is -0.384. The van der Waals surface area contributed by atoms with Gasteiger partial charge in [-0.3, -0.25) is 34.4 Å². The number of aromatic nitrogens is 1. The third-order valence-corrected chi connectivity index (χ3v) is 3.89. The zero-order valence-electron chi connectivity index (χ0n) is 15.0. The van der Waals surface area contributed by atoms with Crippen molar-refractivity contribution < 1.29 is 28.6 Å². The molecule has 0 unspecified atom stereocenters. The largest absolute Gasteiger partial charge is 0.454 e. The topological polar surface area (TPSA) is 177 Å². The van der Waals surface area contributed by atoms with Crippen LogP contribution >= 0.6 is 0 Å². The number of esters is 1. The van der Waals surface area contributed by atoms with Crippen LogP contribution in [0.4, 0.5) is 17.1 Å². The summed E-state index contributed by atoms with van der Waals surface area (Å²) in [5.74, 6) is -2.72. The number of amides is 1. The van der Waals surface area contributed by atoms with E-state index in [0.29, 0.717) is 0 Å². The molecular formula is C17H12N4O9. The summed E-state index contributed by atoms with van der Waals surface area (Å²) in [5, 5.41) is 24.0. The van der Waals surface area contributed by atoms with E-state index in [2.05, 4.69) is 5.32 Å². The third kappa shape index (κ3) is 4.30. The summed E-state index contributed by atoms with van der Waals surface area (Å²) in [6.45, 7) is -1.36. The molecule has 0 aliphatic heterocycles. The standard InChI is InChI=1S/C17H12N4O9/c22-15(18-11-3-1-2-4-12(11)21(27)28)9-29-16(23)8-19-13-6-5-10(20(25)26)7-14(13)30-17(19)24/h1-7H,8-9H2,(H,18,22). The van der Waals surface area contributed by atoms with Crippen molar-refractivity contribution in [3.63, 3.8) is 0 Å². The Balaban J connectivity index is 1.64. The van der Waals surface area contributed by atoms with E-state index in [-0.39, 0.29) is 28.2 Å². The van der Waals surface area contributed by atoms with Gasteiger partial charge in [0, 0.05) is 12.1 Å². The Labute approximate surface area is 165 Å². The molecule has 3 aromatic rings. The number of rotatable bonds is 7. The van der Waals surface area contributed by atoms with Gasteiger partial charge in [0.1, 0.15) is 12.2 Å². The number of benzene rings is 2. The summed E-state index contributed by atoms with van der Waals surface area (Å²) in [5.41, 5.74) is -0.648. The number of non-ortho nitro benzene ring substituents is 1. The van der Waals surface area contributed by atoms with Gasteiger partial charge < -0.3 is 14.5 Å². The lowest BCUT2D eigenvalue weighted by atomic mass is 10.2. The molecule has 3 rings (SSSR count). The highest BCUT2D eigenvalue weighted by atomic mass is 16.6. The summed E-state index contributed by atoms with van der Waals surface area (Å²) in [7, 11) is 0. The summed E-state index contributed by atoms with van der Waals surface area (Å²) in [6.07, 6.45) is 0. The van der Waals surface area contributed by atoms with E-state index < -0.39 is 40.6 Å². The summed E-state index contributed by atoms with van der Waals surface area (Å²) in [4.78, 5) is 56.2. The molecule has 1 amide bonds. The molecule has 0 radical (unpaired) electrons. The molecule has 1 N–H and O–H groups in total. The number of hydrogen-bond donors (Lipinski definition) is 1. The van der Waals surface area contributed by atoms with E-state index in [9.17, 15) is 34.6 Å². The quantitative estimate of drug-likeness (QED) is 0.340. The van der Waals surface area contributed by atoms with Gasteiger partial charge in [0.15, 0.2) is 12.2 Å². The summed E-state index contributed by atoms with van der Waals surface area (Å²) < 4.78 is 10.6. The average molecular weight is 416 g/mol. The van der Waals surface area contributed by atoms with Gasteiger partial charge in [-0.25, -0.2) is 4.79 Å². The van der Waals surface area contributed by atoms with Crippen LogP contribution in [0.25, 0.3) is 11.1 Å². The Hall–Kier alpha value is -4.55. The van der Waals surface area contributed by atoms with E-state index in [1.807, 2.05) is 0 Å². The van der Waals surface area contributed by atoms with Crippen molar-refractivity contribution in [2.75, 3.05) is 11.9 Å². The first-order chi connectivity index (χ1) is 14.3. The Kier molecular flexibility index (Phi) is 5.53. The molecule has 0 aliphatic rings. The zero-order chi connectivity index (χ0) is 21.8. The Bertz CT molecular complexity index is 1230. The molecule has 30 heavy (non-hydrogen) atoms. The molecular weight excluding hydrogens is 404 g/mol. The first-order valence-electron chi connectivity index (χ1n) is 8.23. The van der Waals surface area contributed by atoms with Gasteiger partial charge in [0.05, 0.1) is 21.4 Å². The fraction of sp³-hybridized carbons (Fsp3) is 0.118. The van der Waals surface area contributed by atoms with Crippen molar-refractivity contribution in [1.82, 2.24) is 4.57 Å². The van der Waals surface area contributed by atoms with E-state index in [4.69, 9.17) is 9.15 Å². The first kappa shape index (κ1) is 20.2. The van der Waals surface area contributed by atoms with Crippen LogP contribution in [0, 0.1) is 20.2 Å². The molecule has 0 saturated heterocycles. The molecule has 154 valence electrons. The number of carbonyl (C=O) groups is 2. The SMILES string of the molecule is O=C(COC(=O)Cn1c(=O)oc2cc([N+](=O)[O-])ccc21)Nc1ccccc1[N+](=O)[O-]. The lowest BCUT2D eigenvalue weighted by Gasteiger charge is -2.07. The number of carbonyl (C=O) groups excluding carboxylic acids is 2. The van der Waals surface area contributed by atoms with Crippen molar-refractivity contribution in [2.45, 2.75) is 6.54 Å². The summed E-state index contributed by atoms with van der Waals surface area (Å²) >= 11 is 0. The van der Waals surface area contributed by atoms with Crippen LogP contribution in [-0.4, -0.2) is 32.9 Å². The van der Waals surface area contributed by atoms with Crippen molar-refractivity contribution in [3.05, 3.63) is 73.2 Å². The minimum absolute atomic E-state index is 0.0674. The van der Waals surface area contributed by atoms with Crippen LogP contribution in [0.3, 0.4) is 0 Å². The highest BCUT2D eigenvalue weighted by Crippen LogP contribution is 2.23. The number of anilines is 1. The Morgan fingerprint density at radius 3 is 2.53 bits per heavy atom. The molecule has 1 aromatic heterocycles. The van der Waals surface area contributed by atoms with Crippen LogP contribution in [0.15, 0.2) is 51.7 Å². The van der Waals surface area contributed by atoms with Gasteiger partial charge >= 0.3 is 11.7 Å². The van der Waals surface area contributed by atoms with Crippen molar-refractivity contribution >= 4 is 40.0 Å². The zero-order valence-corrected chi connectivity index (χ0v) is 15.0. The minimum Gasteiger partial charge on any atom is -0.454 e. The number of oxazole rings is 1. The molecule has 0 fully saturated rings. The second kappa shape index (κ2) is 8.22. The van der Waals surface area contributed by atoms with Gasteiger partial charge in [0.25, 0.3) is 17.3 Å². The molecule has 0 bridgehead atoms. The molecule has 0 saturated carbocycles.